The Balaban J connectivity index is 1.66. The Hall–Kier alpha value is -1.71. The average molecular weight is 440 g/mol. The zero-order valence-corrected chi connectivity index (χ0v) is 18.5. The van der Waals surface area contributed by atoms with Crippen LogP contribution in [0.5, 0.6) is 0 Å². The van der Waals surface area contributed by atoms with Crippen molar-refractivity contribution in [3.63, 3.8) is 0 Å². The Bertz CT molecular complexity index is 792. The van der Waals surface area contributed by atoms with Gasteiger partial charge in [-0.1, -0.05) is 19.3 Å². The summed E-state index contributed by atoms with van der Waals surface area (Å²) in [6.07, 6.45) is 10.0. The summed E-state index contributed by atoms with van der Waals surface area (Å²) >= 11 is 0. The van der Waals surface area contributed by atoms with Crippen LogP contribution in [0.15, 0.2) is 14.4 Å². The van der Waals surface area contributed by atoms with E-state index in [0.29, 0.717) is 51.1 Å². The van der Waals surface area contributed by atoms with E-state index >= 15 is 0 Å². The maximum Gasteiger partial charge on any atom is 0.336 e. The van der Waals surface area contributed by atoms with Gasteiger partial charge in [0, 0.05) is 26.2 Å². The van der Waals surface area contributed by atoms with E-state index in [1.165, 1.54) is 13.7 Å². The highest BCUT2D eigenvalue weighted by molar-refractivity contribution is 4.80. The van der Waals surface area contributed by atoms with Gasteiger partial charge in [-0.25, -0.2) is 28.1 Å². The molecule has 2 saturated heterocycles. The molecule has 1 N–H and O–H groups in total. The Kier molecular flexibility index (Phi) is 9.54. The first-order valence-electron chi connectivity index (χ1n) is 11.9. The molecule has 9 nitrogen and oxygen atoms in total. The Morgan fingerprint density at radius 2 is 0.968 bits per heavy atom. The molecule has 0 radical (unpaired) electrons. The van der Waals surface area contributed by atoms with Gasteiger partial charge < -0.3 is 14.6 Å². The minimum Gasteiger partial charge on any atom is -0.396 e. The molecule has 31 heavy (non-hydrogen) atoms. The molecule has 3 rings (SSSR count). The van der Waals surface area contributed by atoms with Crippen LogP contribution in [0, 0.1) is 0 Å². The van der Waals surface area contributed by atoms with Crippen LogP contribution in [0.4, 0.5) is 0 Å². The maximum absolute atomic E-state index is 12.9. The molecule has 9 heteroatoms. The van der Waals surface area contributed by atoms with E-state index in [9.17, 15) is 14.4 Å². The zero-order valence-electron chi connectivity index (χ0n) is 18.5. The van der Waals surface area contributed by atoms with Gasteiger partial charge in [0.2, 0.25) is 0 Å². The molecule has 0 amide bonds. The van der Waals surface area contributed by atoms with E-state index in [1.807, 2.05) is 0 Å². The van der Waals surface area contributed by atoms with Crippen molar-refractivity contribution in [1.29, 1.82) is 0 Å². The molecule has 2 fully saturated rings. The predicted molar refractivity (Wildman–Crippen MR) is 117 cm³/mol. The molecule has 1 aromatic heterocycles. The summed E-state index contributed by atoms with van der Waals surface area (Å²) in [4.78, 5) is 38.8. The summed E-state index contributed by atoms with van der Waals surface area (Å²) in [5, 5.41) is 8.87. The lowest BCUT2D eigenvalue weighted by molar-refractivity contribution is 0.282. The molecule has 176 valence electrons. The van der Waals surface area contributed by atoms with Crippen LogP contribution >= 0.6 is 0 Å². The summed E-state index contributed by atoms with van der Waals surface area (Å²) in [5.41, 5.74) is -1.47. The second-order valence-electron chi connectivity index (χ2n) is 8.70. The number of aromatic nitrogens is 3. The van der Waals surface area contributed by atoms with Crippen molar-refractivity contribution >= 4 is 0 Å². The highest BCUT2D eigenvalue weighted by Gasteiger charge is 2.22. The van der Waals surface area contributed by atoms with E-state index in [4.69, 9.17) is 14.6 Å². The molecular weight excluding hydrogens is 402 g/mol. The molecule has 3 heterocycles. The highest BCUT2D eigenvalue weighted by Crippen LogP contribution is 2.17. The fourth-order valence-electron chi connectivity index (χ4n) is 3.92. The Labute approximate surface area is 182 Å². The van der Waals surface area contributed by atoms with Crippen LogP contribution in [0.25, 0.3) is 0 Å². The van der Waals surface area contributed by atoms with Crippen molar-refractivity contribution in [3.8, 4) is 0 Å². The number of nitrogens with zero attached hydrogens (tertiary/aromatic N) is 3. The van der Waals surface area contributed by atoms with Crippen LogP contribution < -0.4 is 17.1 Å². The second-order valence-corrected chi connectivity index (χ2v) is 8.70. The first kappa shape index (κ1) is 23.9. The molecule has 0 bridgehead atoms. The third kappa shape index (κ3) is 7.73. The number of unbranched alkanes of at least 4 members (excludes halogenated alkanes) is 6. The van der Waals surface area contributed by atoms with Crippen LogP contribution in [-0.2, 0) is 29.1 Å². The molecule has 2 aliphatic heterocycles. The smallest absolute Gasteiger partial charge is 0.336 e. The Morgan fingerprint density at radius 1 is 0.613 bits per heavy atom. The van der Waals surface area contributed by atoms with E-state index in [-0.39, 0.29) is 6.61 Å². The SMILES string of the molecule is O=c1n(CCCCCCCO)c(=O)n(CCCCC2CO2)c(=O)n1CCCCC1CO1. The quantitative estimate of drug-likeness (QED) is 0.289. The van der Waals surface area contributed by atoms with E-state index in [0.717, 1.165) is 64.6 Å². The third-order valence-corrected chi connectivity index (χ3v) is 6.05. The first-order valence-corrected chi connectivity index (χ1v) is 11.9. The third-order valence-electron chi connectivity index (χ3n) is 6.05. The number of epoxide rings is 2. The maximum atomic E-state index is 12.9. The summed E-state index contributed by atoms with van der Waals surface area (Å²) in [5.74, 6) is 0. The first-order chi connectivity index (χ1) is 15.1. The molecule has 0 saturated carbocycles. The lowest BCUT2D eigenvalue weighted by atomic mass is 10.1. The molecule has 0 spiro atoms. The topological polar surface area (TPSA) is 111 Å². The van der Waals surface area contributed by atoms with Gasteiger partial charge in [-0.05, 0) is 51.4 Å². The van der Waals surface area contributed by atoms with Crippen LogP contribution in [0.2, 0.25) is 0 Å². The minimum absolute atomic E-state index is 0.189. The van der Waals surface area contributed by atoms with Crippen LogP contribution in [0.1, 0.15) is 70.6 Å². The number of rotatable bonds is 17. The molecular formula is C22H37N3O6. The largest absolute Gasteiger partial charge is 0.396 e. The summed E-state index contributed by atoms with van der Waals surface area (Å²) < 4.78 is 14.1. The lowest BCUT2D eigenvalue weighted by Crippen LogP contribution is -2.54. The van der Waals surface area contributed by atoms with Gasteiger partial charge in [-0.15, -0.1) is 0 Å². The zero-order chi connectivity index (χ0) is 22.1. The second kappa shape index (κ2) is 12.4. The van der Waals surface area contributed by atoms with Crippen molar-refractivity contribution in [2.24, 2.45) is 0 Å². The number of hydrogen-bond donors (Lipinski definition) is 1. The molecule has 1 aromatic rings. The summed E-state index contributed by atoms with van der Waals surface area (Å²) in [6.45, 7) is 2.79. The standard InChI is InChI=1S/C22H37N3O6/c26-15-9-3-1-2-6-12-23-20(27)24(13-7-4-10-18-16-30-18)22(29)25(21(23)28)14-8-5-11-19-17-31-19/h18-19,26H,1-17H2. The molecule has 2 unspecified atom stereocenters. The van der Waals surface area contributed by atoms with Crippen LogP contribution in [-0.4, -0.2) is 50.8 Å². The van der Waals surface area contributed by atoms with Gasteiger partial charge in [0.1, 0.15) is 0 Å². The minimum atomic E-state index is -0.490. The number of aliphatic hydroxyl groups excluding tert-OH is 1. The summed E-state index contributed by atoms with van der Waals surface area (Å²) in [6, 6.07) is 0. The van der Waals surface area contributed by atoms with Gasteiger partial charge in [0.05, 0.1) is 25.4 Å². The van der Waals surface area contributed by atoms with Crippen molar-refractivity contribution in [2.75, 3.05) is 19.8 Å². The van der Waals surface area contributed by atoms with E-state index in [2.05, 4.69) is 0 Å². The number of aliphatic hydroxyl groups is 1. The number of hydrogen-bond acceptors (Lipinski definition) is 6. The highest BCUT2D eigenvalue weighted by atomic mass is 16.6. The lowest BCUT2D eigenvalue weighted by Gasteiger charge is -2.14. The van der Waals surface area contributed by atoms with E-state index < -0.39 is 17.1 Å². The van der Waals surface area contributed by atoms with Crippen molar-refractivity contribution in [3.05, 3.63) is 31.5 Å². The molecule has 0 aromatic carbocycles. The normalized spacial score (nSPS) is 19.6. The van der Waals surface area contributed by atoms with Gasteiger partial charge in [0.15, 0.2) is 0 Å². The number of ether oxygens (including phenoxy) is 2. The monoisotopic (exact) mass is 439 g/mol. The fraction of sp³-hybridized carbons (Fsp3) is 0.864. The molecule has 2 aliphatic rings. The van der Waals surface area contributed by atoms with E-state index in [1.54, 1.807) is 0 Å². The summed E-state index contributed by atoms with van der Waals surface area (Å²) in [7, 11) is 0. The molecule has 2 atom stereocenters. The molecule has 0 aliphatic carbocycles. The van der Waals surface area contributed by atoms with Crippen LogP contribution in [0.3, 0.4) is 0 Å². The van der Waals surface area contributed by atoms with Gasteiger partial charge in [0.25, 0.3) is 0 Å². The van der Waals surface area contributed by atoms with Gasteiger partial charge in [-0.2, -0.15) is 0 Å². The van der Waals surface area contributed by atoms with Gasteiger partial charge in [-0.3, -0.25) is 0 Å². The average Bonchev–Trinajstić information content (AvgIpc) is 3.67. The van der Waals surface area contributed by atoms with Crippen molar-refractivity contribution < 1.29 is 14.6 Å². The van der Waals surface area contributed by atoms with Gasteiger partial charge >= 0.3 is 17.1 Å². The fourth-order valence-corrected chi connectivity index (χ4v) is 3.92. The van der Waals surface area contributed by atoms with Crippen molar-refractivity contribution in [2.45, 2.75) is 102 Å². The Morgan fingerprint density at radius 3 is 1.35 bits per heavy atom. The predicted octanol–water partition coefficient (Wildman–Crippen LogP) is 1.25. The van der Waals surface area contributed by atoms with Crippen molar-refractivity contribution in [1.82, 2.24) is 13.7 Å².